The van der Waals surface area contributed by atoms with Gasteiger partial charge in [0.1, 0.15) is 5.75 Å². The fraction of sp³-hybridized carbons (Fsp3) is 0.417. The van der Waals surface area contributed by atoms with Gasteiger partial charge in [-0.15, -0.1) is 0 Å². The van der Waals surface area contributed by atoms with Gasteiger partial charge in [0.05, 0.1) is 12.7 Å². The van der Waals surface area contributed by atoms with Crippen LogP contribution in [0.15, 0.2) is 24.3 Å². The highest BCUT2D eigenvalue weighted by molar-refractivity contribution is 5.35. The number of hydrogen-bond acceptors (Lipinski definition) is 2. The first-order valence-electron chi connectivity index (χ1n) is 4.98. The number of rotatable bonds is 2. The van der Waals surface area contributed by atoms with E-state index in [0.29, 0.717) is 12.3 Å². The van der Waals surface area contributed by atoms with E-state index < -0.39 is 0 Å². The van der Waals surface area contributed by atoms with E-state index in [1.165, 1.54) is 5.56 Å². The maximum absolute atomic E-state index is 8.50. The Bertz CT molecular complexity index is 354. The van der Waals surface area contributed by atoms with E-state index in [1.807, 2.05) is 18.2 Å². The lowest BCUT2D eigenvalue weighted by Crippen LogP contribution is -2.20. The summed E-state index contributed by atoms with van der Waals surface area (Å²) in [6, 6.07) is 10.3. The fourth-order valence-electron chi connectivity index (χ4n) is 1.84. The van der Waals surface area contributed by atoms with Crippen LogP contribution in [0, 0.1) is 17.2 Å². The van der Waals surface area contributed by atoms with Crippen molar-refractivity contribution in [1.82, 2.24) is 0 Å². The maximum atomic E-state index is 8.50. The van der Waals surface area contributed by atoms with E-state index in [2.05, 4.69) is 12.1 Å². The molecule has 0 saturated carbocycles. The monoisotopic (exact) mass is 187 g/mol. The quantitative estimate of drug-likeness (QED) is 0.712. The Morgan fingerprint density at radius 3 is 3.14 bits per heavy atom. The van der Waals surface area contributed by atoms with Crippen LogP contribution in [0.4, 0.5) is 0 Å². The normalized spacial score (nSPS) is 19.2. The Morgan fingerprint density at radius 1 is 1.43 bits per heavy atom. The van der Waals surface area contributed by atoms with E-state index in [4.69, 9.17) is 10.00 Å². The van der Waals surface area contributed by atoms with Gasteiger partial charge < -0.3 is 4.74 Å². The van der Waals surface area contributed by atoms with Gasteiger partial charge in [-0.3, -0.25) is 0 Å². The second kappa shape index (κ2) is 4.15. The van der Waals surface area contributed by atoms with E-state index in [-0.39, 0.29) is 0 Å². The predicted octanol–water partition coefficient (Wildman–Crippen LogP) is 2.54. The molecule has 0 radical (unpaired) electrons. The molecule has 72 valence electrons. The summed E-state index contributed by atoms with van der Waals surface area (Å²) in [7, 11) is 0. The van der Waals surface area contributed by atoms with Gasteiger partial charge in [0.25, 0.3) is 0 Å². The van der Waals surface area contributed by atoms with Crippen LogP contribution in [0.2, 0.25) is 0 Å². The van der Waals surface area contributed by atoms with Crippen molar-refractivity contribution in [1.29, 1.82) is 5.26 Å². The summed E-state index contributed by atoms with van der Waals surface area (Å²) in [6.45, 7) is 0.763. The van der Waals surface area contributed by atoms with Crippen LogP contribution in [-0.2, 0) is 6.42 Å². The molecule has 1 aliphatic heterocycles. The van der Waals surface area contributed by atoms with Crippen LogP contribution >= 0.6 is 0 Å². The molecule has 1 aliphatic rings. The lowest BCUT2D eigenvalue weighted by molar-refractivity contribution is 0.215. The largest absolute Gasteiger partial charge is 0.493 e. The molecular formula is C12H13NO. The van der Waals surface area contributed by atoms with Crippen molar-refractivity contribution >= 4 is 0 Å². The molecule has 0 aromatic heterocycles. The molecule has 0 amide bonds. The van der Waals surface area contributed by atoms with Gasteiger partial charge in [0.15, 0.2) is 0 Å². The molecule has 0 fully saturated rings. The predicted molar refractivity (Wildman–Crippen MR) is 54.0 cm³/mol. The zero-order valence-electron chi connectivity index (χ0n) is 8.07. The summed E-state index contributed by atoms with van der Waals surface area (Å²) in [5.41, 5.74) is 1.28. The van der Waals surface area contributed by atoms with E-state index >= 15 is 0 Å². The summed E-state index contributed by atoms with van der Waals surface area (Å²) in [5, 5.41) is 8.50. The highest BCUT2D eigenvalue weighted by Crippen LogP contribution is 2.28. The Hall–Kier alpha value is -1.49. The standard InChI is InChI=1S/C12H13NO/c13-7-3-4-10-8-11-5-1-2-6-12(11)14-9-10/h1-2,5-6,10H,3-4,8-9H2. The zero-order valence-corrected chi connectivity index (χ0v) is 8.07. The average Bonchev–Trinajstić information content (AvgIpc) is 2.26. The minimum absolute atomic E-state index is 0.518. The summed E-state index contributed by atoms with van der Waals surface area (Å²) < 4.78 is 5.62. The summed E-state index contributed by atoms with van der Waals surface area (Å²) in [5.74, 6) is 1.53. The van der Waals surface area contributed by atoms with Crippen molar-refractivity contribution in [2.75, 3.05) is 6.61 Å². The molecule has 2 nitrogen and oxygen atoms in total. The first-order chi connectivity index (χ1) is 6.90. The van der Waals surface area contributed by atoms with E-state index in [1.54, 1.807) is 0 Å². The Balaban J connectivity index is 2.03. The lowest BCUT2D eigenvalue weighted by Gasteiger charge is -2.24. The third-order valence-corrected chi connectivity index (χ3v) is 2.62. The minimum atomic E-state index is 0.518. The number of fused-ring (bicyclic) bond motifs is 1. The van der Waals surface area contributed by atoms with E-state index in [0.717, 1.165) is 25.2 Å². The van der Waals surface area contributed by atoms with Crippen molar-refractivity contribution in [3.8, 4) is 11.8 Å². The summed E-state index contributed by atoms with van der Waals surface area (Å²) >= 11 is 0. The van der Waals surface area contributed by atoms with Gasteiger partial charge in [-0.2, -0.15) is 5.26 Å². The molecule has 0 N–H and O–H groups in total. The van der Waals surface area contributed by atoms with Crippen LogP contribution in [0.25, 0.3) is 0 Å². The third-order valence-electron chi connectivity index (χ3n) is 2.62. The Kier molecular flexibility index (Phi) is 2.69. The minimum Gasteiger partial charge on any atom is -0.493 e. The van der Waals surface area contributed by atoms with Gasteiger partial charge >= 0.3 is 0 Å². The zero-order chi connectivity index (χ0) is 9.80. The molecule has 14 heavy (non-hydrogen) atoms. The first kappa shape index (κ1) is 9.08. The molecule has 2 heteroatoms. The number of ether oxygens (including phenoxy) is 1. The molecule has 0 saturated heterocycles. The number of hydrogen-bond donors (Lipinski definition) is 0. The number of nitrogens with zero attached hydrogens (tertiary/aromatic N) is 1. The molecule has 1 unspecified atom stereocenters. The highest BCUT2D eigenvalue weighted by atomic mass is 16.5. The van der Waals surface area contributed by atoms with Crippen molar-refractivity contribution < 1.29 is 4.74 Å². The highest BCUT2D eigenvalue weighted by Gasteiger charge is 2.18. The molecule has 2 rings (SSSR count). The smallest absolute Gasteiger partial charge is 0.122 e. The average molecular weight is 187 g/mol. The molecule has 1 aromatic rings. The van der Waals surface area contributed by atoms with Crippen molar-refractivity contribution in [3.05, 3.63) is 29.8 Å². The van der Waals surface area contributed by atoms with Crippen LogP contribution in [0.1, 0.15) is 18.4 Å². The molecule has 1 aromatic carbocycles. The second-order valence-corrected chi connectivity index (χ2v) is 3.69. The Labute approximate surface area is 84.1 Å². The van der Waals surface area contributed by atoms with Crippen LogP contribution in [0.3, 0.4) is 0 Å². The van der Waals surface area contributed by atoms with Crippen molar-refractivity contribution in [3.63, 3.8) is 0 Å². The fourth-order valence-corrected chi connectivity index (χ4v) is 1.84. The molecule has 0 spiro atoms. The lowest BCUT2D eigenvalue weighted by atomic mass is 9.93. The Morgan fingerprint density at radius 2 is 2.29 bits per heavy atom. The van der Waals surface area contributed by atoms with Gasteiger partial charge in [-0.25, -0.2) is 0 Å². The molecule has 0 bridgehead atoms. The number of nitriles is 1. The molecule has 0 aliphatic carbocycles. The SMILES string of the molecule is N#CCCC1COc2ccccc2C1. The van der Waals surface area contributed by atoms with Crippen molar-refractivity contribution in [2.45, 2.75) is 19.3 Å². The number of para-hydroxylation sites is 1. The van der Waals surface area contributed by atoms with Crippen LogP contribution < -0.4 is 4.74 Å². The number of benzene rings is 1. The van der Waals surface area contributed by atoms with Crippen molar-refractivity contribution in [2.24, 2.45) is 5.92 Å². The second-order valence-electron chi connectivity index (χ2n) is 3.69. The van der Waals surface area contributed by atoms with Gasteiger partial charge in [0, 0.05) is 6.42 Å². The molecular weight excluding hydrogens is 174 g/mol. The first-order valence-corrected chi connectivity index (χ1v) is 4.98. The van der Waals surface area contributed by atoms with E-state index in [9.17, 15) is 0 Å². The van der Waals surface area contributed by atoms with Gasteiger partial charge in [-0.1, -0.05) is 18.2 Å². The molecule has 1 atom stereocenters. The maximum Gasteiger partial charge on any atom is 0.122 e. The van der Waals surface area contributed by atoms with Crippen LogP contribution in [0.5, 0.6) is 5.75 Å². The molecule has 1 heterocycles. The third kappa shape index (κ3) is 1.88. The van der Waals surface area contributed by atoms with Crippen LogP contribution in [-0.4, -0.2) is 6.61 Å². The van der Waals surface area contributed by atoms with Gasteiger partial charge in [-0.05, 0) is 30.4 Å². The van der Waals surface area contributed by atoms with Gasteiger partial charge in [0.2, 0.25) is 0 Å². The summed E-state index contributed by atoms with van der Waals surface area (Å²) in [4.78, 5) is 0. The topological polar surface area (TPSA) is 33.0 Å². The summed E-state index contributed by atoms with van der Waals surface area (Å²) in [6.07, 6.45) is 2.64.